The topological polar surface area (TPSA) is 20.3 Å². The summed E-state index contributed by atoms with van der Waals surface area (Å²) >= 11 is 0. The minimum atomic E-state index is -2.84. The summed E-state index contributed by atoms with van der Waals surface area (Å²) in [4.78, 5) is 12.1. The standard InChI is InChI=1S/C8H13F2NO/c1-6-3-2-4-11(5-6)8(12)7(9)10/h6-7H,2-5H2,1H3. The molecule has 0 aromatic carbocycles. The minimum Gasteiger partial charge on any atom is -0.337 e. The molecule has 1 saturated heterocycles. The molecule has 70 valence electrons. The summed E-state index contributed by atoms with van der Waals surface area (Å²) in [5, 5.41) is 0. The molecule has 12 heavy (non-hydrogen) atoms. The fourth-order valence-electron chi connectivity index (χ4n) is 1.53. The summed E-state index contributed by atoms with van der Waals surface area (Å²) in [6.45, 7) is 2.96. The molecule has 1 heterocycles. The first-order valence-corrected chi connectivity index (χ1v) is 4.18. The molecule has 0 N–H and O–H groups in total. The Morgan fingerprint density at radius 3 is 2.75 bits per heavy atom. The maximum absolute atomic E-state index is 11.9. The van der Waals surface area contributed by atoms with Gasteiger partial charge in [-0.1, -0.05) is 6.92 Å². The zero-order valence-corrected chi connectivity index (χ0v) is 7.09. The molecule has 2 nitrogen and oxygen atoms in total. The van der Waals surface area contributed by atoms with Crippen molar-refractivity contribution in [2.75, 3.05) is 13.1 Å². The third kappa shape index (κ3) is 2.16. The summed E-state index contributed by atoms with van der Waals surface area (Å²) in [7, 11) is 0. The van der Waals surface area contributed by atoms with Crippen LogP contribution in [0.4, 0.5) is 8.78 Å². The van der Waals surface area contributed by atoms with Crippen LogP contribution in [0.1, 0.15) is 19.8 Å². The van der Waals surface area contributed by atoms with Gasteiger partial charge in [0.15, 0.2) is 0 Å². The number of hydrogen-bond acceptors (Lipinski definition) is 1. The van der Waals surface area contributed by atoms with Crippen LogP contribution in [-0.2, 0) is 4.79 Å². The molecular formula is C8H13F2NO. The molecule has 1 aliphatic heterocycles. The second kappa shape index (κ2) is 3.83. The van der Waals surface area contributed by atoms with Crippen LogP contribution in [0.25, 0.3) is 0 Å². The lowest BCUT2D eigenvalue weighted by Gasteiger charge is -2.30. The quantitative estimate of drug-likeness (QED) is 0.594. The van der Waals surface area contributed by atoms with Gasteiger partial charge in [-0.05, 0) is 18.8 Å². The van der Waals surface area contributed by atoms with Gasteiger partial charge in [0.1, 0.15) is 0 Å². The Kier molecular flexibility index (Phi) is 3.00. The van der Waals surface area contributed by atoms with Crippen LogP contribution in [0.3, 0.4) is 0 Å². The number of rotatable bonds is 1. The van der Waals surface area contributed by atoms with E-state index >= 15 is 0 Å². The van der Waals surface area contributed by atoms with E-state index in [4.69, 9.17) is 0 Å². The van der Waals surface area contributed by atoms with Gasteiger partial charge < -0.3 is 4.90 Å². The highest BCUT2D eigenvalue weighted by molar-refractivity contribution is 5.79. The molecule has 0 aromatic heterocycles. The number of hydrogen-bond donors (Lipinski definition) is 0. The van der Waals surface area contributed by atoms with E-state index in [0.717, 1.165) is 12.8 Å². The molecule has 0 saturated carbocycles. The first-order valence-electron chi connectivity index (χ1n) is 4.18. The van der Waals surface area contributed by atoms with Crippen LogP contribution >= 0.6 is 0 Å². The van der Waals surface area contributed by atoms with Crippen LogP contribution < -0.4 is 0 Å². The predicted molar refractivity (Wildman–Crippen MR) is 41.0 cm³/mol. The lowest BCUT2D eigenvalue weighted by Crippen LogP contribution is -2.42. The summed E-state index contributed by atoms with van der Waals surface area (Å²) in [6.07, 6.45) is -0.956. The van der Waals surface area contributed by atoms with Crippen molar-refractivity contribution >= 4 is 5.91 Å². The van der Waals surface area contributed by atoms with Gasteiger partial charge in [-0.15, -0.1) is 0 Å². The summed E-state index contributed by atoms with van der Waals surface area (Å²) in [5.74, 6) is -0.650. The van der Waals surface area contributed by atoms with Gasteiger partial charge in [-0.2, -0.15) is 8.78 Å². The van der Waals surface area contributed by atoms with Crippen LogP contribution in [0.15, 0.2) is 0 Å². The second-order valence-electron chi connectivity index (χ2n) is 3.33. The Balaban J connectivity index is 2.46. The molecule has 1 aliphatic rings. The van der Waals surface area contributed by atoms with Gasteiger partial charge in [0.05, 0.1) is 0 Å². The average Bonchev–Trinajstić information content (AvgIpc) is 2.03. The maximum atomic E-state index is 11.9. The van der Waals surface area contributed by atoms with E-state index in [1.54, 1.807) is 0 Å². The molecule has 0 spiro atoms. The monoisotopic (exact) mass is 177 g/mol. The summed E-state index contributed by atoms with van der Waals surface area (Å²) in [5.41, 5.74) is 0. The van der Waals surface area contributed by atoms with E-state index in [1.165, 1.54) is 4.90 Å². The summed E-state index contributed by atoms with van der Waals surface area (Å²) < 4.78 is 23.9. The van der Waals surface area contributed by atoms with Crippen molar-refractivity contribution in [1.29, 1.82) is 0 Å². The van der Waals surface area contributed by atoms with Crippen molar-refractivity contribution in [3.63, 3.8) is 0 Å². The number of piperidine rings is 1. The van der Waals surface area contributed by atoms with Crippen molar-refractivity contribution in [3.05, 3.63) is 0 Å². The molecular weight excluding hydrogens is 164 g/mol. The Morgan fingerprint density at radius 2 is 2.25 bits per heavy atom. The number of nitrogens with zero attached hydrogens (tertiary/aromatic N) is 1. The Morgan fingerprint density at radius 1 is 1.58 bits per heavy atom. The highest BCUT2D eigenvalue weighted by Crippen LogP contribution is 2.16. The maximum Gasteiger partial charge on any atom is 0.315 e. The molecule has 4 heteroatoms. The lowest BCUT2D eigenvalue weighted by molar-refractivity contribution is -0.144. The van der Waals surface area contributed by atoms with Crippen LogP contribution in [-0.4, -0.2) is 30.3 Å². The fourth-order valence-corrected chi connectivity index (χ4v) is 1.53. The highest BCUT2D eigenvalue weighted by Gasteiger charge is 2.26. The average molecular weight is 177 g/mol. The number of halogens is 2. The largest absolute Gasteiger partial charge is 0.337 e. The zero-order valence-electron chi connectivity index (χ0n) is 7.09. The van der Waals surface area contributed by atoms with E-state index in [2.05, 4.69) is 0 Å². The van der Waals surface area contributed by atoms with E-state index in [1.807, 2.05) is 6.92 Å². The number of likely N-dealkylation sites (tertiary alicyclic amines) is 1. The van der Waals surface area contributed by atoms with Gasteiger partial charge in [-0.25, -0.2) is 0 Å². The number of amides is 1. The Labute approximate surface area is 70.5 Å². The Hall–Kier alpha value is -0.670. The normalized spacial score (nSPS) is 24.7. The Bertz CT molecular complexity index is 172. The molecule has 0 bridgehead atoms. The number of alkyl halides is 2. The van der Waals surface area contributed by atoms with Crippen LogP contribution in [0.5, 0.6) is 0 Å². The van der Waals surface area contributed by atoms with Crippen LogP contribution in [0.2, 0.25) is 0 Å². The molecule has 1 atom stereocenters. The van der Waals surface area contributed by atoms with E-state index in [-0.39, 0.29) is 0 Å². The fraction of sp³-hybridized carbons (Fsp3) is 0.875. The van der Waals surface area contributed by atoms with Gasteiger partial charge in [0, 0.05) is 13.1 Å². The van der Waals surface area contributed by atoms with Gasteiger partial charge in [-0.3, -0.25) is 4.79 Å². The first kappa shape index (κ1) is 9.42. The lowest BCUT2D eigenvalue weighted by atomic mass is 10.0. The summed E-state index contributed by atoms with van der Waals surface area (Å²) in [6, 6.07) is 0. The van der Waals surface area contributed by atoms with Crippen molar-refractivity contribution in [1.82, 2.24) is 4.90 Å². The van der Waals surface area contributed by atoms with Gasteiger partial charge >= 0.3 is 6.43 Å². The molecule has 1 rings (SSSR count). The molecule has 0 aliphatic carbocycles. The van der Waals surface area contributed by atoms with Crippen molar-refractivity contribution in [3.8, 4) is 0 Å². The number of carbonyl (C=O) groups excluding carboxylic acids is 1. The van der Waals surface area contributed by atoms with Gasteiger partial charge in [0.2, 0.25) is 0 Å². The van der Waals surface area contributed by atoms with E-state index in [9.17, 15) is 13.6 Å². The molecule has 1 amide bonds. The SMILES string of the molecule is CC1CCCN(C(=O)C(F)F)C1. The zero-order chi connectivity index (χ0) is 9.14. The first-order chi connectivity index (χ1) is 5.61. The third-order valence-corrected chi connectivity index (χ3v) is 2.16. The van der Waals surface area contributed by atoms with Crippen LogP contribution in [0, 0.1) is 5.92 Å². The van der Waals surface area contributed by atoms with Crippen molar-refractivity contribution in [2.45, 2.75) is 26.2 Å². The molecule has 0 radical (unpaired) electrons. The molecule has 1 unspecified atom stereocenters. The predicted octanol–water partition coefficient (Wildman–Crippen LogP) is 1.51. The number of carbonyl (C=O) groups is 1. The molecule has 1 fully saturated rings. The highest BCUT2D eigenvalue weighted by atomic mass is 19.3. The van der Waals surface area contributed by atoms with Gasteiger partial charge in [0.25, 0.3) is 5.91 Å². The second-order valence-corrected chi connectivity index (χ2v) is 3.33. The van der Waals surface area contributed by atoms with E-state index < -0.39 is 12.3 Å². The van der Waals surface area contributed by atoms with Crippen molar-refractivity contribution < 1.29 is 13.6 Å². The third-order valence-electron chi connectivity index (χ3n) is 2.16. The van der Waals surface area contributed by atoms with Crippen molar-refractivity contribution in [2.24, 2.45) is 5.92 Å². The minimum absolute atomic E-state index is 0.362. The van der Waals surface area contributed by atoms with E-state index in [0.29, 0.717) is 19.0 Å². The smallest absolute Gasteiger partial charge is 0.315 e. The molecule has 0 aromatic rings.